The Morgan fingerprint density at radius 2 is 1.89 bits per heavy atom. The summed E-state index contributed by atoms with van der Waals surface area (Å²) < 4.78 is 10.5. The number of nitrogens with one attached hydrogen (secondary N) is 1. The molecule has 1 aromatic heterocycles. The van der Waals surface area contributed by atoms with Crippen molar-refractivity contribution in [2.75, 3.05) is 25.3 Å². The molecule has 0 saturated heterocycles. The monoisotopic (exact) mass is 279 g/mol. The van der Waals surface area contributed by atoms with Crippen molar-refractivity contribution in [1.29, 1.82) is 0 Å². The molecule has 0 aliphatic heterocycles. The van der Waals surface area contributed by atoms with Gasteiger partial charge in [0.15, 0.2) is 0 Å². The molecule has 0 fully saturated rings. The van der Waals surface area contributed by atoms with Gasteiger partial charge in [0.2, 0.25) is 0 Å². The minimum Gasteiger partial charge on any atom is -0.495 e. The van der Waals surface area contributed by atoms with E-state index in [2.05, 4.69) is 10.3 Å². The minimum absolute atomic E-state index is 0.479. The number of benzene rings is 1. The van der Waals surface area contributed by atoms with Gasteiger partial charge in [-0.1, -0.05) is 11.6 Å². The first-order valence-electron chi connectivity index (χ1n) is 5.53. The number of methoxy groups -OCH3 is 2. The molecule has 100 valence electrons. The first-order chi connectivity index (χ1) is 9.15. The van der Waals surface area contributed by atoms with E-state index in [0.717, 1.165) is 5.69 Å². The van der Waals surface area contributed by atoms with Crippen LogP contribution >= 0.6 is 11.6 Å². The Hall–Kier alpha value is -2.14. The maximum absolute atomic E-state index is 6.05. The van der Waals surface area contributed by atoms with E-state index in [1.807, 2.05) is 0 Å². The van der Waals surface area contributed by atoms with Crippen LogP contribution in [0.2, 0.25) is 5.02 Å². The molecule has 1 heterocycles. The van der Waals surface area contributed by atoms with Crippen molar-refractivity contribution >= 4 is 28.7 Å². The second kappa shape index (κ2) is 5.67. The summed E-state index contributed by atoms with van der Waals surface area (Å²) in [7, 11) is 3.12. The minimum atomic E-state index is 0.479. The predicted molar refractivity (Wildman–Crippen MR) is 76.5 cm³/mol. The van der Waals surface area contributed by atoms with Crippen LogP contribution in [0, 0.1) is 0 Å². The Balaban J connectivity index is 2.41. The van der Waals surface area contributed by atoms with E-state index < -0.39 is 0 Å². The number of aromatic nitrogens is 1. The number of nitrogens with two attached hydrogens (primary N) is 1. The van der Waals surface area contributed by atoms with Crippen molar-refractivity contribution in [3.63, 3.8) is 0 Å². The molecule has 6 heteroatoms. The van der Waals surface area contributed by atoms with Gasteiger partial charge in [0.25, 0.3) is 0 Å². The maximum Gasteiger partial charge on any atom is 0.144 e. The standard InChI is InChI=1S/C13H14ClN3O2/c1-18-12-6-11(13(19-2)5-8(12)14)17-10-3-4-16-7-9(10)15/h3-7H,15H2,1-2H3,(H,16,17). The Morgan fingerprint density at radius 1 is 1.16 bits per heavy atom. The van der Waals surface area contributed by atoms with Gasteiger partial charge in [-0.25, -0.2) is 0 Å². The molecule has 0 amide bonds. The molecular weight excluding hydrogens is 266 g/mol. The van der Waals surface area contributed by atoms with Crippen LogP contribution in [-0.2, 0) is 0 Å². The van der Waals surface area contributed by atoms with Crippen LogP contribution in [0.4, 0.5) is 17.1 Å². The third-order valence-corrected chi connectivity index (χ3v) is 2.89. The quantitative estimate of drug-likeness (QED) is 0.900. The average Bonchev–Trinajstić information content (AvgIpc) is 2.42. The highest BCUT2D eigenvalue weighted by Crippen LogP contribution is 2.37. The second-order valence-corrected chi connectivity index (χ2v) is 4.18. The summed E-state index contributed by atoms with van der Waals surface area (Å²) in [6, 6.07) is 5.21. The maximum atomic E-state index is 6.05. The average molecular weight is 280 g/mol. The smallest absolute Gasteiger partial charge is 0.144 e. The van der Waals surface area contributed by atoms with Crippen LogP contribution in [0.25, 0.3) is 0 Å². The summed E-state index contributed by atoms with van der Waals surface area (Å²) in [6.07, 6.45) is 3.22. The van der Waals surface area contributed by atoms with E-state index in [0.29, 0.717) is 27.9 Å². The molecule has 0 bridgehead atoms. The number of pyridine rings is 1. The highest BCUT2D eigenvalue weighted by atomic mass is 35.5. The fourth-order valence-corrected chi connectivity index (χ4v) is 1.85. The largest absolute Gasteiger partial charge is 0.495 e. The van der Waals surface area contributed by atoms with Crippen LogP contribution in [0.5, 0.6) is 11.5 Å². The Labute approximate surface area is 116 Å². The SMILES string of the molecule is COc1cc(Nc2ccncc2N)c(OC)cc1Cl. The molecule has 0 spiro atoms. The zero-order valence-corrected chi connectivity index (χ0v) is 11.4. The van der Waals surface area contributed by atoms with Crippen molar-refractivity contribution in [3.05, 3.63) is 35.6 Å². The molecule has 2 aromatic rings. The van der Waals surface area contributed by atoms with Crippen molar-refractivity contribution < 1.29 is 9.47 Å². The first-order valence-corrected chi connectivity index (χ1v) is 5.91. The summed E-state index contributed by atoms with van der Waals surface area (Å²) in [4.78, 5) is 3.93. The molecule has 0 atom stereocenters. The predicted octanol–water partition coefficient (Wildman–Crippen LogP) is 3.08. The molecule has 0 saturated carbocycles. The van der Waals surface area contributed by atoms with Gasteiger partial charge in [0.05, 0.1) is 42.5 Å². The molecule has 2 rings (SSSR count). The van der Waals surface area contributed by atoms with E-state index in [4.69, 9.17) is 26.8 Å². The fourth-order valence-electron chi connectivity index (χ4n) is 1.62. The zero-order valence-electron chi connectivity index (χ0n) is 10.6. The van der Waals surface area contributed by atoms with Crippen LogP contribution in [0.1, 0.15) is 0 Å². The number of hydrogen-bond donors (Lipinski definition) is 2. The summed E-state index contributed by atoms with van der Waals surface area (Å²) >= 11 is 6.05. The summed E-state index contributed by atoms with van der Waals surface area (Å²) in [5.41, 5.74) is 7.82. The lowest BCUT2D eigenvalue weighted by molar-refractivity contribution is 0.405. The van der Waals surface area contributed by atoms with Crippen LogP contribution in [0.15, 0.2) is 30.6 Å². The summed E-state index contributed by atoms with van der Waals surface area (Å²) in [6.45, 7) is 0. The molecule has 0 aliphatic carbocycles. The highest BCUT2D eigenvalue weighted by Gasteiger charge is 2.11. The van der Waals surface area contributed by atoms with Gasteiger partial charge in [0, 0.05) is 18.3 Å². The van der Waals surface area contributed by atoms with Crippen molar-refractivity contribution in [1.82, 2.24) is 4.98 Å². The second-order valence-electron chi connectivity index (χ2n) is 3.77. The number of nitrogen functional groups attached to an aromatic ring is 1. The Bertz CT molecular complexity index is 590. The zero-order chi connectivity index (χ0) is 13.8. The van der Waals surface area contributed by atoms with Crippen LogP contribution < -0.4 is 20.5 Å². The van der Waals surface area contributed by atoms with E-state index in [1.54, 1.807) is 44.8 Å². The summed E-state index contributed by atoms with van der Waals surface area (Å²) in [5, 5.41) is 3.64. The molecule has 0 aliphatic rings. The lowest BCUT2D eigenvalue weighted by Crippen LogP contribution is -1.99. The summed E-state index contributed by atoms with van der Waals surface area (Å²) in [5.74, 6) is 1.15. The van der Waals surface area contributed by atoms with Crippen LogP contribution in [-0.4, -0.2) is 19.2 Å². The highest BCUT2D eigenvalue weighted by molar-refractivity contribution is 6.32. The molecule has 0 unspecified atom stereocenters. The number of rotatable bonds is 4. The number of halogens is 1. The normalized spacial score (nSPS) is 10.1. The third kappa shape index (κ3) is 2.82. The number of ether oxygens (including phenoxy) is 2. The van der Waals surface area contributed by atoms with E-state index in [-0.39, 0.29) is 0 Å². The van der Waals surface area contributed by atoms with Crippen molar-refractivity contribution in [2.24, 2.45) is 0 Å². The van der Waals surface area contributed by atoms with Gasteiger partial charge in [-0.2, -0.15) is 0 Å². The van der Waals surface area contributed by atoms with Gasteiger partial charge < -0.3 is 20.5 Å². The lowest BCUT2D eigenvalue weighted by Gasteiger charge is -2.14. The fraction of sp³-hybridized carbons (Fsp3) is 0.154. The molecular formula is C13H14ClN3O2. The molecule has 5 nitrogen and oxygen atoms in total. The Kier molecular flexibility index (Phi) is 3.97. The molecule has 19 heavy (non-hydrogen) atoms. The van der Waals surface area contributed by atoms with Crippen LogP contribution in [0.3, 0.4) is 0 Å². The van der Waals surface area contributed by atoms with Gasteiger partial charge >= 0.3 is 0 Å². The number of hydrogen-bond acceptors (Lipinski definition) is 5. The van der Waals surface area contributed by atoms with Crippen molar-refractivity contribution in [3.8, 4) is 11.5 Å². The topological polar surface area (TPSA) is 69.4 Å². The Morgan fingerprint density at radius 3 is 2.53 bits per heavy atom. The van der Waals surface area contributed by atoms with Gasteiger partial charge in [-0.05, 0) is 6.07 Å². The first kappa shape index (κ1) is 13.3. The van der Waals surface area contributed by atoms with Gasteiger partial charge in [-0.15, -0.1) is 0 Å². The molecule has 3 N–H and O–H groups in total. The molecule has 1 aromatic carbocycles. The molecule has 0 radical (unpaired) electrons. The van der Waals surface area contributed by atoms with E-state index in [9.17, 15) is 0 Å². The van der Waals surface area contributed by atoms with E-state index in [1.165, 1.54) is 0 Å². The number of nitrogens with zero attached hydrogens (tertiary/aromatic N) is 1. The van der Waals surface area contributed by atoms with Gasteiger partial charge in [0.1, 0.15) is 11.5 Å². The third-order valence-electron chi connectivity index (χ3n) is 2.60. The number of anilines is 3. The lowest BCUT2D eigenvalue weighted by atomic mass is 10.2. The van der Waals surface area contributed by atoms with Gasteiger partial charge in [-0.3, -0.25) is 4.98 Å². The van der Waals surface area contributed by atoms with E-state index >= 15 is 0 Å². The van der Waals surface area contributed by atoms with Crippen molar-refractivity contribution in [2.45, 2.75) is 0 Å².